The van der Waals surface area contributed by atoms with Gasteiger partial charge in [-0.05, 0) is 19.1 Å². The van der Waals surface area contributed by atoms with Crippen LogP contribution in [0, 0.1) is 0 Å². The third-order valence-corrected chi connectivity index (χ3v) is 4.94. The van der Waals surface area contributed by atoms with Gasteiger partial charge in [0.15, 0.2) is 0 Å². The van der Waals surface area contributed by atoms with Crippen molar-refractivity contribution in [2.45, 2.75) is 31.9 Å². The second kappa shape index (κ2) is 5.63. The summed E-state index contributed by atoms with van der Waals surface area (Å²) in [5.41, 5.74) is 3.14. The molecule has 0 radical (unpaired) electrons. The van der Waals surface area contributed by atoms with Crippen molar-refractivity contribution in [3.63, 3.8) is 0 Å². The second-order valence-corrected chi connectivity index (χ2v) is 6.11. The van der Waals surface area contributed by atoms with Crippen molar-refractivity contribution >= 4 is 5.97 Å². The third kappa shape index (κ3) is 2.06. The first-order chi connectivity index (χ1) is 11.7. The molecule has 2 aromatic heterocycles. The zero-order valence-corrected chi connectivity index (χ0v) is 13.9. The highest BCUT2D eigenvalue weighted by Gasteiger charge is 2.45. The van der Waals surface area contributed by atoms with Crippen LogP contribution in [0.25, 0.3) is 11.3 Å². The maximum absolute atomic E-state index is 12.3. The van der Waals surface area contributed by atoms with E-state index in [1.807, 2.05) is 23.6 Å². The van der Waals surface area contributed by atoms with Crippen molar-refractivity contribution in [2.24, 2.45) is 0 Å². The minimum atomic E-state index is -0.465. The van der Waals surface area contributed by atoms with Crippen LogP contribution in [0.15, 0.2) is 24.5 Å². The monoisotopic (exact) mass is 328 g/mol. The van der Waals surface area contributed by atoms with E-state index in [0.29, 0.717) is 25.5 Å². The van der Waals surface area contributed by atoms with Crippen molar-refractivity contribution in [2.75, 3.05) is 20.3 Å². The molecule has 0 atom stereocenters. The fourth-order valence-electron chi connectivity index (χ4n) is 3.78. The summed E-state index contributed by atoms with van der Waals surface area (Å²) in [4.78, 5) is 16.5. The van der Waals surface area contributed by atoms with E-state index < -0.39 is 5.60 Å². The van der Waals surface area contributed by atoms with Gasteiger partial charge < -0.3 is 18.8 Å². The van der Waals surface area contributed by atoms with Crippen LogP contribution in [0.4, 0.5) is 0 Å². The molecule has 2 aromatic rings. The molecule has 126 valence electrons. The maximum Gasteiger partial charge on any atom is 0.354 e. The highest BCUT2D eigenvalue weighted by atomic mass is 16.5. The number of rotatable bonds is 2. The van der Waals surface area contributed by atoms with Gasteiger partial charge >= 0.3 is 5.97 Å². The molecule has 6 heteroatoms. The number of carbonyl (C=O) groups excluding carboxylic acids is 1. The molecule has 0 amide bonds. The predicted octanol–water partition coefficient (Wildman–Crippen LogP) is 2.75. The first-order valence-corrected chi connectivity index (χ1v) is 8.23. The van der Waals surface area contributed by atoms with Gasteiger partial charge in [0.1, 0.15) is 17.0 Å². The zero-order chi connectivity index (χ0) is 16.7. The Kier molecular flexibility index (Phi) is 3.57. The van der Waals surface area contributed by atoms with Gasteiger partial charge in [-0.15, -0.1) is 0 Å². The van der Waals surface area contributed by atoms with Gasteiger partial charge in [0.05, 0.1) is 32.2 Å². The molecule has 2 aliphatic rings. The molecule has 0 N–H and O–H groups in total. The average molecular weight is 328 g/mol. The molecule has 0 aromatic carbocycles. The Balaban J connectivity index is 1.99. The summed E-state index contributed by atoms with van der Waals surface area (Å²) in [6.07, 6.45) is 5.00. The lowest BCUT2D eigenvalue weighted by Crippen LogP contribution is -2.41. The Morgan fingerprint density at radius 3 is 2.92 bits per heavy atom. The number of methoxy groups -OCH3 is 1. The number of pyridine rings is 1. The van der Waals surface area contributed by atoms with E-state index in [-0.39, 0.29) is 5.97 Å². The molecule has 24 heavy (non-hydrogen) atoms. The molecular weight excluding hydrogens is 308 g/mol. The number of carbonyl (C=O) groups is 1. The summed E-state index contributed by atoms with van der Waals surface area (Å²) in [5.74, 6) is 0.431. The molecular formula is C18H20N2O4. The molecule has 4 rings (SSSR count). The topological polar surface area (TPSA) is 62.6 Å². The Hall–Kier alpha value is -2.34. The van der Waals surface area contributed by atoms with E-state index in [2.05, 4.69) is 4.98 Å². The third-order valence-electron chi connectivity index (χ3n) is 4.94. The second-order valence-electron chi connectivity index (χ2n) is 6.11. The van der Waals surface area contributed by atoms with Crippen LogP contribution in [-0.4, -0.2) is 35.8 Å². The van der Waals surface area contributed by atoms with Crippen LogP contribution in [0.1, 0.15) is 35.8 Å². The lowest BCUT2D eigenvalue weighted by molar-refractivity contribution is -0.0516. The number of hydrogen-bond donors (Lipinski definition) is 0. The van der Waals surface area contributed by atoms with Gasteiger partial charge in [0, 0.05) is 36.7 Å². The fourth-order valence-corrected chi connectivity index (χ4v) is 3.78. The molecule has 0 unspecified atom stereocenters. The Morgan fingerprint density at radius 2 is 2.21 bits per heavy atom. The SMILES string of the molecule is CCn1c(C(=O)OC)cc2c1-c1ccncc1OC21CCOCC1. The molecule has 1 fully saturated rings. The van der Waals surface area contributed by atoms with Crippen molar-refractivity contribution in [3.8, 4) is 17.0 Å². The van der Waals surface area contributed by atoms with Crippen LogP contribution < -0.4 is 4.74 Å². The number of hydrogen-bond acceptors (Lipinski definition) is 5. The Labute approximate surface area is 140 Å². The summed E-state index contributed by atoms with van der Waals surface area (Å²) in [6.45, 7) is 3.98. The summed E-state index contributed by atoms with van der Waals surface area (Å²) < 4.78 is 18.9. The van der Waals surface area contributed by atoms with Crippen LogP contribution in [-0.2, 0) is 21.6 Å². The van der Waals surface area contributed by atoms with Crippen LogP contribution in [0.5, 0.6) is 5.75 Å². The average Bonchev–Trinajstić information content (AvgIpc) is 3.03. The largest absolute Gasteiger partial charge is 0.480 e. The number of aromatic nitrogens is 2. The highest BCUT2D eigenvalue weighted by Crippen LogP contribution is 2.50. The summed E-state index contributed by atoms with van der Waals surface area (Å²) in [6, 6.07) is 3.87. The summed E-state index contributed by atoms with van der Waals surface area (Å²) >= 11 is 0. The molecule has 1 spiro atoms. The van der Waals surface area contributed by atoms with Gasteiger partial charge in [-0.1, -0.05) is 0 Å². The minimum absolute atomic E-state index is 0.330. The van der Waals surface area contributed by atoms with E-state index in [1.54, 1.807) is 12.4 Å². The van der Waals surface area contributed by atoms with Crippen molar-refractivity contribution in [1.29, 1.82) is 0 Å². The number of ether oxygens (including phenoxy) is 3. The first-order valence-electron chi connectivity index (χ1n) is 8.23. The van der Waals surface area contributed by atoms with E-state index in [9.17, 15) is 4.79 Å². The number of nitrogens with zero attached hydrogens (tertiary/aromatic N) is 2. The van der Waals surface area contributed by atoms with E-state index in [4.69, 9.17) is 14.2 Å². The smallest absolute Gasteiger partial charge is 0.354 e. The van der Waals surface area contributed by atoms with Crippen LogP contribution >= 0.6 is 0 Å². The highest BCUT2D eigenvalue weighted by molar-refractivity contribution is 5.91. The lowest BCUT2D eigenvalue weighted by atomic mass is 9.82. The number of fused-ring (bicyclic) bond motifs is 4. The van der Waals surface area contributed by atoms with Gasteiger partial charge in [0.2, 0.25) is 0 Å². The standard InChI is InChI=1S/C18H20N2O4/c1-3-20-14(17(21)22-2)10-13-16(20)12-4-7-19-11-15(12)24-18(13)5-8-23-9-6-18/h4,7,10-11H,3,5-6,8-9H2,1-2H3. The minimum Gasteiger partial charge on any atom is -0.480 e. The summed E-state index contributed by atoms with van der Waals surface area (Å²) in [5, 5.41) is 0. The maximum atomic E-state index is 12.3. The van der Waals surface area contributed by atoms with Gasteiger partial charge in [-0.2, -0.15) is 0 Å². The van der Waals surface area contributed by atoms with Gasteiger partial charge in [-0.25, -0.2) is 4.79 Å². The van der Waals surface area contributed by atoms with E-state index >= 15 is 0 Å². The van der Waals surface area contributed by atoms with E-state index in [0.717, 1.165) is 35.4 Å². The van der Waals surface area contributed by atoms with Gasteiger partial charge in [-0.3, -0.25) is 4.98 Å². The quantitative estimate of drug-likeness (QED) is 0.793. The van der Waals surface area contributed by atoms with Crippen LogP contribution in [0.3, 0.4) is 0 Å². The molecule has 1 saturated heterocycles. The van der Waals surface area contributed by atoms with Crippen molar-refractivity contribution < 1.29 is 19.0 Å². The molecule has 4 heterocycles. The van der Waals surface area contributed by atoms with E-state index in [1.165, 1.54) is 7.11 Å². The molecule has 0 aliphatic carbocycles. The lowest BCUT2D eigenvalue weighted by Gasteiger charge is -2.41. The van der Waals surface area contributed by atoms with Crippen LogP contribution in [0.2, 0.25) is 0 Å². The first kappa shape index (κ1) is 15.2. The molecule has 2 aliphatic heterocycles. The Morgan fingerprint density at radius 1 is 1.42 bits per heavy atom. The van der Waals surface area contributed by atoms with Crippen molar-refractivity contribution in [3.05, 3.63) is 35.8 Å². The summed E-state index contributed by atoms with van der Waals surface area (Å²) in [7, 11) is 1.41. The molecule has 0 bridgehead atoms. The Bertz CT molecular complexity index is 790. The van der Waals surface area contributed by atoms with Crippen molar-refractivity contribution in [1.82, 2.24) is 9.55 Å². The molecule has 0 saturated carbocycles. The number of esters is 1. The molecule has 6 nitrogen and oxygen atoms in total. The normalized spacial score (nSPS) is 17.8. The predicted molar refractivity (Wildman–Crippen MR) is 87.0 cm³/mol. The zero-order valence-electron chi connectivity index (χ0n) is 13.9. The van der Waals surface area contributed by atoms with Gasteiger partial charge in [0.25, 0.3) is 0 Å². The fraction of sp³-hybridized carbons (Fsp3) is 0.444.